The number of piperidine rings is 3. The van der Waals surface area contributed by atoms with Gasteiger partial charge in [0.15, 0.2) is 6.10 Å². The number of nitrogens with zero attached hydrogens (tertiary/aromatic N) is 6. The molecule has 0 bridgehead atoms. The fourth-order valence-corrected chi connectivity index (χ4v) is 8.13. The third kappa shape index (κ3) is 6.69. The Morgan fingerprint density at radius 2 is 1.67 bits per heavy atom. The zero-order chi connectivity index (χ0) is 33.4. The first kappa shape index (κ1) is 32.3. The number of aryl methyl sites for hydroxylation is 1. The lowest BCUT2D eigenvalue weighted by molar-refractivity contribution is -0.142. The second kappa shape index (κ2) is 13.7. The summed E-state index contributed by atoms with van der Waals surface area (Å²) in [6, 6.07) is 8.23. The second-order valence-electron chi connectivity index (χ2n) is 14.0. The fraction of sp³-hybridized carbons (Fsp3) is 0.571. The number of ether oxygens (including phenoxy) is 1. The molecule has 7 rings (SSSR count). The van der Waals surface area contributed by atoms with E-state index >= 15 is 0 Å². The number of aromatic nitrogens is 3. The number of fused-ring (bicyclic) bond motifs is 2. The van der Waals surface area contributed by atoms with E-state index in [1.54, 1.807) is 15.9 Å². The molecule has 1 atom stereocenters. The van der Waals surface area contributed by atoms with Crippen molar-refractivity contribution in [3.05, 3.63) is 52.8 Å². The van der Waals surface area contributed by atoms with Gasteiger partial charge in [0, 0.05) is 45.2 Å². The number of urea groups is 1. The monoisotopic (exact) mass is 660 g/mol. The maximum atomic E-state index is 14.2. The smallest absolute Gasteiger partial charge is 0.410 e. The van der Waals surface area contributed by atoms with Crippen LogP contribution in [0.2, 0.25) is 0 Å². The Kier molecular flexibility index (Phi) is 9.21. The number of aromatic amines is 1. The zero-order valence-corrected chi connectivity index (χ0v) is 27.8. The molecule has 48 heavy (non-hydrogen) atoms. The number of para-hydroxylation sites is 1. The van der Waals surface area contributed by atoms with E-state index in [1.165, 1.54) is 18.9 Å². The van der Waals surface area contributed by atoms with Gasteiger partial charge in [-0.3, -0.25) is 9.89 Å². The van der Waals surface area contributed by atoms with E-state index in [0.717, 1.165) is 48.1 Å². The minimum absolute atomic E-state index is 0.106. The van der Waals surface area contributed by atoms with Crippen LogP contribution in [0.4, 0.5) is 19.7 Å². The molecule has 3 aromatic rings. The van der Waals surface area contributed by atoms with Crippen LogP contribution in [0.15, 0.2) is 30.3 Å². The van der Waals surface area contributed by atoms with Gasteiger partial charge >= 0.3 is 12.1 Å². The number of H-pyrrole nitrogens is 1. The third-order valence-electron chi connectivity index (χ3n) is 11.0. The fourth-order valence-electron chi connectivity index (χ4n) is 8.13. The molecular weight excluding hydrogens is 615 g/mol. The first-order chi connectivity index (χ1) is 23.2. The lowest BCUT2D eigenvalue weighted by Crippen LogP contribution is -2.52. The summed E-state index contributed by atoms with van der Waals surface area (Å²) in [5, 5.41) is 13.7. The van der Waals surface area contributed by atoms with E-state index in [4.69, 9.17) is 4.74 Å². The Morgan fingerprint density at radius 1 is 0.979 bits per heavy atom. The molecule has 256 valence electrons. The summed E-state index contributed by atoms with van der Waals surface area (Å²) in [6.45, 7) is 6.65. The number of amides is 4. The summed E-state index contributed by atoms with van der Waals surface area (Å²) in [7, 11) is 2.18. The molecule has 12 nitrogen and oxygen atoms in total. The SMILES string of the molecule is Cc1cc(CC(OC(=O)N2CCC(N3Cc4cccc(F)c4NC3=O)CC2)C(=O)N2CCC(C3CCN(C)CC3)CC2)cc2nn[nH]c12. The normalized spacial score (nSPS) is 20.9. The van der Waals surface area contributed by atoms with Gasteiger partial charge in [0.25, 0.3) is 5.91 Å². The number of anilines is 1. The van der Waals surface area contributed by atoms with E-state index in [2.05, 4.69) is 32.7 Å². The molecule has 1 aromatic heterocycles. The van der Waals surface area contributed by atoms with Crippen molar-refractivity contribution in [3.63, 3.8) is 0 Å². The van der Waals surface area contributed by atoms with Crippen LogP contribution in [-0.2, 0) is 22.5 Å². The van der Waals surface area contributed by atoms with Gasteiger partial charge in [-0.05, 0) is 106 Å². The summed E-state index contributed by atoms with van der Waals surface area (Å²) in [6.07, 6.45) is 4.22. The molecule has 4 aliphatic rings. The van der Waals surface area contributed by atoms with Crippen molar-refractivity contribution in [3.8, 4) is 0 Å². The highest BCUT2D eigenvalue weighted by Gasteiger charge is 2.37. The van der Waals surface area contributed by atoms with Crippen LogP contribution in [0.25, 0.3) is 11.0 Å². The standard InChI is InChI=1S/C35H45FN8O4/c1-22-18-23(19-29-31(22)39-40-38-29)20-30(33(45)42-14-8-25(9-15-42)24-6-12-41(2)13-7-24)48-35(47)43-16-10-27(11-17-43)44-21-26-4-3-5-28(36)32(26)37-34(44)46/h3-5,18-19,24-25,27,30H,6-17,20-21H2,1-2H3,(H,37,46)(H,38,39,40). The van der Waals surface area contributed by atoms with Gasteiger partial charge < -0.3 is 29.7 Å². The number of nitrogens with one attached hydrogen (secondary N) is 2. The van der Waals surface area contributed by atoms with Crippen molar-refractivity contribution in [1.29, 1.82) is 0 Å². The molecular formula is C35H45FN8O4. The summed E-state index contributed by atoms with van der Waals surface area (Å²) in [5.41, 5.74) is 4.32. The van der Waals surface area contributed by atoms with Crippen LogP contribution in [-0.4, -0.2) is 112 Å². The first-order valence-electron chi connectivity index (χ1n) is 17.3. The average Bonchev–Trinajstić information content (AvgIpc) is 3.58. The molecule has 5 heterocycles. The van der Waals surface area contributed by atoms with Gasteiger partial charge in [-0.1, -0.05) is 23.4 Å². The van der Waals surface area contributed by atoms with Gasteiger partial charge in [0.2, 0.25) is 0 Å². The van der Waals surface area contributed by atoms with Crippen LogP contribution < -0.4 is 5.32 Å². The van der Waals surface area contributed by atoms with Crippen molar-refractivity contribution < 1.29 is 23.5 Å². The van der Waals surface area contributed by atoms with Gasteiger partial charge in [-0.25, -0.2) is 14.0 Å². The Hall–Kier alpha value is -4.26. The molecule has 4 aliphatic heterocycles. The summed E-state index contributed by atoms with van der Waals surface area (Å²) < 4.78 is 20.3. The van der Waals surface area contributed by atoms with Crippen molar-refractivity contribution in [1.82, 2.24) is 35.0 Å². The summed E-state index contributed by atoms with van der Waals surface area (Å²) in [5.74, 6) is 0.726. The molecule has 1 unspecified atom stereocenters. The van der Waals surface area contributed by atoms with Gasteiger partial charge in [0.05, 0.1) is 11.2 Å². The molecule has 0 spiro atoms. The maximum Gasteiger partial charge on any atom is 0.410 e. The summed E-state index contributed by atoms with van der Waals surface area (Å²) >= 11 is 0. The molecule has 4 amide bonds. The highest BCUT2D eigenvalue weighted by molar-refractivity contribution is 5.92. The number of carbonyl (C=O) groups is 3. The zero-order valence-electron chi connectivity index (χ0n) is 27.8. The first-order valence-corrected chi connectivity index (χ1v) is 17.3. The van der Waals surface area contributed by atoms with E-state index in [1.807, 2.05) is 30.0 Å². The number of likely N-dealkylation sites (tertiary alicyclic amines) is 3. The summed E-state index contributed by atoms with van der Waals surface area (Å²) in [4.78, 5) is 48.2. The Labute approximate surface area is 279 Å². The quantitative estimate of drug-likeness (QED) is 0.398. The molecule has 0 aliphatic carbocycles. The minimum Gasteiger partial charge on any atom is -0.436 e. The highest BCUT2D eigenvalue weighted by atomic mass is 19.1. The number of carbonyl (C=O) groups excluding carboxylic acids is 3. The maximum absolute atomic E-state index is 14.2. The van der Waals surface area contributed by atoms with Crippen molar-refractivity contribution in [2.24, 2.45) is 11.8 Å². The Morgan fingerprint density at radius 3 is 2.40 bits per heavy atom. The number of rotatable bonds is 6. The predicted octanol–water partition coefficient (Wildman–Crippen LogP) is 4.55. The third-order valence-corrected chi connectivity index (χ3v) is 11.0. The van der Waals surface area contributed by atoms with Crippen LogP contribution in [0.3, 0.4) is 0 Å². The number of hydrogen-bond acceptors (Lipinski definition) is 7. The minimum atomic E-state index is -0.974. The molecule has 2 N–H and O–H groups in total. The van der Waals surface area contributed by atoms with E-state index in [9.17, 15) is 18.8 Å². The Balaban J connectivity index is 1.00. The van der Waals surface area contributed by atoms with Gasteiger partial charge in [-0.15, -0.1) is 5.10 Å². The lowest BCUT2D eigenvalue weighted by atomic mass is 9.79. The van der Waals surface area contributed by atoms with Crippen molar-refractivity contribution in [2.75, 3.05) is 51.6 Å². The largest absolute Gasteiger partial charge is 0.436 e. The molecule has 13 heteroatoms. The number of benzene rings is 2. The van der Waals surface area contributed by atoms with Crippen LogP contribution in [0.1, 0.15) is 55.2 Å². The predicted molar refractivity (Wildman–Crippen MR) is 178 cm³/mol. The van der Waals surface area contributed by atoms with Crippen LogP contribution in [0.5, 0.6) is 0 Å². The van der Waals surface area contributed by atoms with Crippen molar-refractivity contribution in [2.45, 2.75) is 70.6 Å². The number of hydrogen-bond donors (Lipinski definition) is 2. The topological polar surface area (TPSA) is 127 Å². The molecule has 0 radical (unpaired) electrons. The van der Waals surface area contributed by atoms with E-state index < -0.39 is 18.0 Å². The Bertz CT molecular complexity index is 1660. The second-order valence-corrected chi connectivity index (χ2v) is 14.0. The van der Waals surface area contributed by atoms with Crippen molar-refractivity contribution >= 4 is 34.8 Å². The van der Waals surface area contributed by atoms with Crippen LogP contribution >= 0.6 is 0 Å². The lowest BCUT2D eigenvalue weighted by Gasteiger charge is -2.41. The van der Waals surface area contributed by atoms with E-state index in [-0.39, 0.29) is 30.1 Å². The van der Waals surface area contributed by atoms with Gasteiger partial charge in [-0.2, -0.15) is 0 Å². The molecule has 2 aromatic carbocycles. The van der Waals surface area contributed by atoms with Gasteiger partial charge in [0.1, 0.15) is 11.3 Å². The molecule has 3 fully saturated rings. The number of halogens is 1. The van der Waals surface area contributed by atoms with Crippen LogP contribution in [0, 0.1) is 24.6 Å². The van der Waals surface area contributed by atoms with E-state index in [0.29, 0.717) is 62.9 Å². The molecule has 3 saturated heterocycles. The highest BCUT2D eigenvalue weighted by Crippen LogP contribution is 2.33. The average molecular weight is 661 g/mol. The molecule has 0 saturated carbocycles.